The van der Waals surface area contributed by atoms with Gasteiger partial charge in [-0.15, -0.1) is 11.3 Å². The van der Waals surface area contributed by atoms with E-state index < -0.39 is 8.07 Å². The molecule has 0 amide bonds. The smallest absolute Gasteiger partial charge is 0.179 e. The highest BCUT2D eigenvalue weighted by molar-refractivity contribution is 7.26. The van der Waals surface area contributed by atoms with E-state index in [9.17, 15) is 5.26 Å². The van der Waals surface area contributed by atoms with E-state index in [2.05, 4.69) is 168 Å². The van der Waals surface area contributed by atoms with Crippen molar-refractivity contribution in [3.05, 3.63) is 175 Å². The number of rotatable bonds is 5. The van der Waals surface area contributed by atoms with Crippen molar-refractivity contribution in [2.45, 2.75) is 0 Å². The molecule has 0 aliphatic rings. The van der Waals surface area contributed by atoms with E-state index in [1.54, 1.807) is 0 Å². The van der Waals surface area contributed by atoms with Crippen molar-refractivity contribution in [2.24, 2.45) is 0 Å². The van der Waals surface area contributed by atoms with Gasteiger partial charge in [0.25, 0.3) is 0 Å². The molecule has 47 heavy (non-hydrogen) atoms. The number of para-hydroxylation sites is 1. The van der Waals surface area contributed by atoms with Crippen LogP contribution in [0.5, 0.6) is 0 Å². The van der Waals surface area contributed by atoms with Crippen LogP contribution in [0, 0.1) is 11.3 Å². The van der Waals surface area contributed by atoms with Gasteiger partial charge in [-0.25, -0.2) is 0 Å². The van der Waals surface area contributed by atoms with Crippen molar-refractivity contribution >= 4 is 82.1 Å². The Morgan fingerprint density at radius 3 is 1.66 bits per heavy atom. The number of hydrogen-bond acceptors (Lipinski definition) is 2. The van der Waals surface area contributed by atoms with Gasteiger partial charge in [0.2, 0.25) is 0 Å². The van der Waals surface area contributed by atoms with E-state index in [1.165, 1.54) is 40.9 Å². The summed E-state index contributed by atoms with van der Waals surface area (Å²) in [6.45, 7) is 0. The molecule has 0 fully saturated rings. The molecular weight excluding hydrogens is 605 g/mol. The highest BCUT2D eigenvalue weighted by Gasteiger charge is 2.41. The minimum Gasteiger partial charge on any atom is -0.309 e. The minimum atomic E-state index is -2.66. The fourth-order valence-corrected chi connectivity index (χ4v) is 13.4. The molecule has 0 saturated carbocycles. The molecule has 0 spiro atoms. The first-order chi connectivity index (χ1) is 23.3. The normalized spacial score (nSPS) is 11.8. The predicted octanol–water partition coefficient (Wildman–Crippen LogP) is 8.40. The number of nitriles is 1. The number of nitrogens with zero attached hydrogens (tertiary/aromatic N) is 2. The standard InChI is InChI=1S/C43H28N2SSi/c44-29-30-13-12-22-40-43(30)36-20-10-11-21-39(36)45(40)31-23-25-41-37(27-31)38-28-35(24-26-42(38)46-41)47(32-14-4-1-5-15-32,33-16-6-2-7-17-33)34-18-8-3-9-19-34/h1-28H. The summed E-state index contributed by atoms with van der Waals surface area (Å²) in [7, 11) is -2.66. The topological polar surface area (TPSA) is 28.7 Å². The zero-order chi connectivity index (χ0) is 31.4. The molecule has 0 aliphatic heterocycles. The third-order valence-corrected chi connectivity index (χ3v) is 15.5. The summed E-state index contributed by atoms with van der Waals surface area (Å²) in [5.74, 6) is 0. The van der Waals surface area contributed by atoms with Crippen molar-refractivity contribution in [3.8, 4) is 11.8 Å². The average molecular weight is 633 g/mol. The van der Waals surface area contributed by atoms with Gasteiger partial charge in [0.1, 0.15) is 0 Å². The molecule has 0 atom stereocenters. The quantitative estimate of drug-likeness (QED) is 0.138. The Morgan fingerprint density at radius 2 is 1.02 bits per heavy atom. The highest BCUT2D eigenvalue weighted by Crippen LogP contribution is 2.38. The van der Waals surface area contributed by atoms with E-state index in [1.807, 2.05) is 23.5 Å². The second-order valence-corrected chi connectivity index (χ2v) is 16.9. The van der Waals surface area contributed by atoms with Crippen molar-refractivity contribution in [1.29, 1.82) is 5.26 Å². The van der Waals surface area contributed by atoms with Crippen molar-refractivity contribution in [3.63, 3.8) is 0 Å². The Bertz CT molecular complexity index is 2530. The van der Waals surface area contributed by atoms with Gasteiger partial charge in [0, 0.05) is 36.6 Å². The maximum absolute atomic E-state index is 9.99. The molecule has 9 aromatic rings. The second-order valence-electron chi connectivity index (χ2n) is 12.0. The zero-order valence-electron chi connectivity index (χ0n) is 25.5. The molecule has 2 nitrogen and oxygen atoms in total. The van der Waals surface area contributed by atoms with E-state index in [-0.39, 0.29) is 0 Å². The number of hydrogen-bond donors (Lipinski definition) is 0. The first kappa shape index (κ1) is 27.6. The van der Waals surface area contributed by atoms with Crippen molar-refractivity contribution in [1.82, 2.24) is 4.57 Å². The fourth-order valence-electron chi connectivity index (χ4n) is 7.59. The average Bonchev–Trinajstić information content (AvgIpc) is 3.68. The number of thiophene rings is 1. The number of benzene rings is 7. The van der Waals surface area contributed by atoms with E-state index >= 15 is 0 Å². The van der Waals surface area contributed by atoms with Gasteiger partial charge in [0.15, 0.2) is 8.07 Å². The molecule has 7 aromatic carbocycles. The van der Waals surface area contributed by atoms with Crippen LogP contribution in [0.25, 0.3) is 47.7 Å². The predicted molar refractivity (Wildman–Crippen MR) is 202 cm³/mol. The molecule has 0 saturated heterocycles. The van der Waals surface area contributed by atoms with Gasteiger partial charge in [-0.05, 0) is 63.2 Å². The van der Waals surface area contributed by atoms with Crippen LogP contribution in [-0.2, 0) is 0 Å². The summed E-state index contributed by atoms with van der Waals surface area (Å²) in [6, 6.07) is 64.2. The number of aromatic nitrogens is 1. The fraction of sp³-hybridized carbons (Fsp3) is 0. The molecule has 220 valence electrons. The Morgan fingerprint density at radius 1 is 0.468 bits per heavy atom. The van der Waals surface area contributed by atoms with Crippen LogP contribution in [0.2, 0.25) is 0 Å². The van der Waals surface area contributed by atoms with Crippen LogP contribution in [-0.4, -0.2) is 12.6 Å². The SMILES string of the molecule is N#Cc1cccc2c1c1ccccc1n2-c1ccc2sc3ccc([Si](c4ccccc4)(c4ccccc4)c4ccccc4)cc3c2c1. The first-order valence-electron chi connectivity index (χ1n) is 15.8. The monoisotopic (exact) mass is 632 g/mol. The molecule has 0 aliphatic carbocycles. The van der Waals surface area contributed by atoms with Crippen LogP contribution >= 0.6 is 11.3 Å². The largest absolute Gasteiger partial charge is 0.309 e. The Labute approximate surface area is 278 Å². The summed E-state index contributed by atoms with van der Waals surface area (Å²) >= 11 is 1.85. The molecule has 0 N–H and O–H groups in total. The van der Waals surface area contributed by atoms with Gasteiger partial charge in [-0.1, -0.05) is 127 Å². The first-order valence-corrected chi connectivity index (χ1v) is 18.6. The highest BCUT2D eigenvalue weighted by atomic mass is 32.1. The summed E-state index contributed by atoms with van der Waals surface area (Å²) < 4.78 is 4.87. The zero-order valence-corrected chi connectivity index (χ0v) is 27.3. The molecule has 4 heteroatoms. The molecule has 2 heterocycles. The lowest BCUT2D eigenvalue weighted by Gasteiger charge is -2.34. The lowest BCUT2D eigenvalue weighted by molar-refractivity contribution is 1.19. The van der Waals surface area contributed by atoms with Crippen LogP contribution in [0.4, 0.5) is 0 Å². The Kier molecular flexibility index (Phi) is 6.43. The van der Waals surface area contributed by atoms with Crippen LogP contribution < -0.4 is 20.7 Å². The molecule has 0 bridgehead atoms. The maximum atomic E-state index is 9.99. The number of fused-ring (bicyclic) bond motifs is 6. The van der Waals surface area contributed by atoms with Crippen LogP contribution in [0.1, 0.15) is 5.56 Å². The van der Waals surface area contributed by atoms with Gasteiger partial charge < -0.3 is 4.57 Å². The van der Waals surface area contributed by atoms with Gasteiger partial charge in [0.05, 0.1) is 22.7 Å². The molecule has 0 radical (unpaired) electrons. The lowest BCUT2D eigenvalue weighted by Crippen LogP contribution is -2.74. The molecule has 2 aromatic heterocycles. The molecular formula is C43H28N2SSi. The van der Waals surface area contributed by atoms with Crippen molar-refractivity contribution in [2.75, 3.05) is 0 Å². The van der Waals surface area contributed by atoms with Crippen molar-refractivity contribution < 1.29 is 0 Å². The van der Waals surface area contributed by atoms with E-state index in [4.69, 9.17) is 0 Å². The van der Waals surface area contributed by atoms with Gasteiger partial charge in [-0.3, -0.25) is 0 Å². The third-order valence-electron chi connectivity index (χ3n) is 9.58. The Balaban J connectivity index is 1.34. The lowest BCUT2D eigenvalue weighted by atomic mass is 10.1. The maximum Gasteiger partial charge on any atom is 0.179 e. The van der Waals surface area contributed by atoms with E-state index in [0.717, 1.165) is 27.5 Å². The summed E-state index contributed by atoms with van der Waals surface area (Å²) in [4.78, 5) is 0. The third kappa shape index (κ3) is 4.15. The van der Waals surface area contributed by atoms with E-state index in [0.29, 0.717) is 5.56 Å². The van der Waals surface area contributed by atoms with Crippen LogP contribution in [0.15, 0.2) is 170 Å². The minimum absolute atomic E-state index is 0.702. The summed E-state index contributed by atoms with van der Waals surface area (Å²) in [5.41, 5.74) is 3.96. The van der Waals surface area contributed by atoms with Gasteiger partial charge >= 0.3 is 0 Å². The summed E-state index contributed by atoms with van der Waals surface area (Å²) in [6.07, 6.45) is 0. The Hall–Kier alpha value is -5.73. The second kappa shape index (κ2) is 11.0. The summed E-state index contributed by atoms with van der Waals surface area (Å²) in [5, 5.41) is 20.1. The molecule has 0 unspecified atom stereocenters. The van der Waals surface area contributed by atoms with Gasteiger partial charge in [-0.2, -0.15) is 5.26 Å². The molecule has 9 rings (SSSR count). The van der Waals surface area contributed by atoms with Crippen LogP contribution in [0.3, 0.4) is 0 Å².